The Bertz CT molecular complexity index is 360. The van der Waals surface area contributed by atoms with E-state index >= 15 is 0 Å². The topological polar surface area (TPSA) is 6.48 Å². The van der Waals surface area contributed by atoms with Crippen molar-refractivity contribution in [3.8, 4) is 0 Å². The van der Waals surface area contributed by atoms with Crippen LogP contribution in [0.3, 0.4) is 0 Å². The number of hydrogen-bond donors (Lipinski definition) is 0. The summed E-state index contributed by atoms with van der Waals surface area (Å²) in [5.41, 5.74) is 1.35. The van der Waals surface area contributed by atoms with Crippen LogP contribution in [0.25, 0.3) is 0 Å². The quantitative estimate of drug-likeness (QED) is 0.663. The maximum atomic E-state index is 2.86. The zero-order valence-corrected chi connectivity index (χ0v) is 14.5. The van der Waals surface area contributed by atoms with Crippen molar-refractivity contribution in [3.05, 3.63) is 0 Å². The van der Waals surface area contributed by atoms with E-state index in [0.717, 1.165) is 12.1 Å². The highest BCUT2D eigenvalue weighted by molar-refractivity contribution is 5.08. The average Bonchev–Trinajstić information content (AvgIpc) is 2.79. The van der Waals surface area contributed by atoms with Crippen LogP contribution in [0.15, 0.2) is 0 Å². The second kappa shape index (κ2) is 4.46. The first kappa shape index (κ1) is 14.8. The molecule has 2 bridgehead atoms. The predicted molar refractivity (Wildman–Crippen MR) is 86.0 cm³/mol. The first-order valence-corrected chi connectivity index (χ1v) is 8.64. The Hall–Kier alpha value is -0.0800. The van der Waals surface area contributed by atoms with Crippen LogP contribution in [0, 0.1) is 5.41 Å². The standard InChI is InChI=1S/C18H34N2/c1-16(2,3)19-10-9-18(13-19)11-14-7-8-15(12-18)20(14)17(4,5)6/h14-15H,7-13H2,1-6H3. The van der Waals surface area contributed by atoms with Gasteiger partial charge in [0.05, 0.1) is 0 Å². The summed E-state index contributed by atoms with van der Waals surface area (Å²) in [6.45, 7) is 17.0. The molecular formula is C18H34N2. The Kier molecular flexibility index (Phi) is 3.31. The van der Waals surface area contributed by atoms with Gasteiger partial charge in [0.2, 0.25) is 0 Å². The third-order valence-electron chi connectivity index (χ3n) is 6.12. The van der Waals surface area contributed by atoms with Crippen molar-refractivity contribution in [3.63, 3.8) is 0 Å². The van der Waals surface area contributed by atoms with Crippen LogP contribution in [0.5, 0.6) is 0 Å². The highest BCUT2D eigenvalue weighted by Gasteiger charge is 2.53. The summed E-state index contributed by atoms with van der Waals surface area (Å²) in [5, 5.41) is 0. The first-order valence-electron chi connectivity index (χ1n) is 8.64. The molecule has 2 unspecified atom stereocenters. The molecule has 2 atom stereocenters. The van der Waals surface area contributed by atoms with Gasteiger partial charge >= 0.3 is 0 Å². The Labute approximate surface area is 125 Å². The van der Waals surface area contributed by atoms with Crippen LogP contribution in [0.1, 0.15) is 73.6 Å². The Morgan fingerprint density at radius 3 is 1.80 bits per heavy atom. The molecule has 3 aliphatic heterocycles. The van der Waals surface area contributed by atoms with Crippen molar-refractivity contribution in [1.29, 1.82) is 0 Å². The van der Waals surface area contributed by atoms with Crippen molar-refractivity contribution in [2.24, 2.45) is 5.41 Å². The smallest absolute Gasteiger partial charge is 0.0130 e. The lowest BCUT2D eigenvalue weighted by molar-refractivity contribution is -0.0160. The van der Waals surface area contributed by atoms with Crippen molar-refractivity contribution in [2.75, 3.05) is 13.1 Å². The molecular weight excluding hydrogens is 244 g/mol. The Morgan fingerprint density at radius 1 is 0.850 bits per heavy atom. The highest BCUT2D eigenvalue weighted by Crippen LogP contribution is 2.52. The van der Waals surface area contributed by atoms with Gasteiger partial charge in [0.1, 0.15) is 0 Å². The minimum atomic E-state index is 0.351. The molecule has 3 fully saturated rings. The van der Waals surface area contributed by atoms with Crippen LogP contribution in [-0.4, -0.2) is 46.1 Å². The number of piperidine rings is 1. The lowest BCUT2D eigenvalue weighted by Crippen LogP contribution is -2.56. The monoisotopic (exact) mass is 278 g/mol. The van der Waals surface area contributed by atoms with E-state index < -0.39 is 0 Å². The molecule has 0 aliphatic carbocycles. The fourth-order valence-corrected chi connectivity index (χ4v) is 5.38. The lowest BCUT2D eigenvalue weighted by atomic mass is 9.73. The summed E-state index contributed by atoms with van der Waals surface area (Å²) in [6.07, 6.45) is 7.23. The molecule has 0 aromatic heterocycles. The number of likely N-dealkylation sites (tertiary alicyclic amines) is 1. The van der Waals surface area contributed by atoms with Gasteiger partial charge in [-0.25, -0.2) is 0 Å². The van der Waals surface area contributed by atoms with Gasteiger partial charge in [-0.3, -0.25) is 9.80 Å². The molecule has 0 radical (unpaired) electrons. The molecule has 116 valence electrons. The predicted octanol–water partition coefficient (Wildman–Crippen LogP) is 3.90. The Balaban J connectivity index is 1.75. The zero-order chi connectivity index (χ0) is 14.8. The van der Waals surface area contributed by atoms with Crippen LogP contribution in [0.2, 0.25) is 0 Å². The molecule has 0 amide bonds. The van der Waals surface area contributed by atoms with Crippen molar-refractivity contribution < 1.29 is 0 Å². The third kappa shape index (κ3) is 2.43. The second-order valence-corrected chi connectivity index (χ2v) is 9.71. The van der Waals surface area contributed by atoms with Gasteiger partial charge in [-0.2, -0.15) is 0 Å². The summed E-state index contributed by atoms with van der Waals surface area (Å²) in [6, 6.07) is 1.71. The molecule has 0 N–H and O–H groups in total. The van der Waals surface area contributed by atoms with Gasteiger partial charge in [-0.1, -0.05) is 0 Å². The SMILES string of the molecule is CC(C)(C)N1CCC2(CC3CCC(C2)N3C(C)(C)C)C1. The average molecular weight is 278 g/mol. The number of fused-ring (bicyclic) bond motifs is 2. The first-order chi connectivity index (χ1) is 9.11. The second-order valence-electron chi connectivity index (χ2n) is 9.71. The summed E-state index contributed by atoms with van der Waals surface area (Å²) >= 11 is 0. The molecule has 3 saturated heterocycles. The van der Waals surface area contributed by atoms with Gasteiger partial charge in [-0.15, -0.1) is 0 Å². The van der Waals surface area contributed by atoms with E-state index in [4.69, 9.17) is 0 Å². The van der Waals surface area contributed by atoms with E-state index in [-0.39, 0.29) is 0 Å². The molecule has 3 heterocycles. The normalized spacial score (nSPS) is 39.9. The van der Waals surface area contributed by atoms with E-state index in [1.54, 1.807) is 0 Å². The molecule has 0 aromatic carbocycles. The van der Waals surface area contributed by atoms with E-state index in [9.17, 15) is 0 Å². The number of nitrogens with zero attached hydrogens (tertiary/aromatic N) is 2. The molecule has 3 rings (SSSR count). The number of hydrogen-bond acceptors (Lipinski definition) is 2. The van der Waals surface area contributed by atoms with Gasteiger partial charge in [0.15, 0.2) is 0 Å². The van der Waals surface area contributed by atoms with Crippen LogP contribution in [-0.2, 0) is 0 Å². The van der Waals surface area contributed by atoms with Crippen molar-refractivity contribution >= 4 is 0 Å². The van der Waals surface area contributed by atoms with Crippen molar-refractivity contribution in [2.45, 2.75) is 96.8 Å². The minimum absolute atomic E-state index is 0.351. The van der Waals surface area contributed by atoms with E-state index in [0.29, 0.717) is 16.5 Å². The third-order valence-corrected chi connectivity index (χ3v) is 6.12. The minimum Gasteiger partial charge on any atom is -0.298 e. The van der Waals surface area contributed by atoms with Crippen molar-refractivity contribution in [1.82, 2.24) is 9.80 Å². The van der Waals surface area contributed by atoms with Gasteiger partial charge in [-0.05, 0) is 85.6 Å². The summed E-state index contributed by atoms with van der Waals surface area (Å²) in [5.74, 6) is 0. The van der Waals surface area contributed by atoms with Gasteiger partial charge < -0.3 is 0 Å². The summed E-state index contributed by atoms with van der Waals surface area (Å²) in [4.78, 5) is 5.59. The molecule has 0 aromatic rings. The molecule has 0 saturated carbocycles. The van der Waals surface area contributed by atoms with Crippen LogP contribution < -0.4 is 0 Å². The maximum Gasteiger partial charge on any atom is 0.0130 e. The van der Waals surface area contributed by atoms with E-state index in [1.165, 1.54) is 45.2 Å². The molecule has 2 heteroatoms. The zero-order valence-electron chi connectivity index (χ0n) is 14.5. The fourth-order valence-electron chi connectivity index (χ4n) is 5.38. The van der Waals surface area contributed by atoms with Crippen LogP contribution in [0.4, 0.5) is 0 Å². The van der Waals surface area contributed by atoms with Crippen LogP contribution >= 0.6 is 0 Å². The molecule has 3 aliphatic rings. The van der Waals surface area contributed by atoms with E-state index in [2.05, 4.69) is 51.3 Å². The van der Waals surface area contributed by atoms with Gasteiger partial charge in [0.25, 0.3) is 0 Å². The number of rotatable bonds is 0. The molecule has 20 heavy (non-hydrogen) atoms. The summed E-state index contributed by atoms with van der Waals surface area (Å²) < 4.78 is 0. The van der Waals surface area contributed by atoms with E-state index in [1.807, 2.05) is 0 Å². The summed E-state index contributed by atoms with van der Waals surface area (Å²) in [7, 11) is 0. The Morgan fingerprint density at radius 2 is 1.40 bits per heavy atom. The maximum absolute atomic E-state index is 2.86. The molecule has 2 nitrogen and oxygen atoms in total. The molecule has 1 spiro atoms. The van der Waals surface area contributed by atoms with Gasteiger partial charge in [0, 0.05) is 29.7 Å². The fraction of sp³-hybridized carbons (Fsp3) is 1.00. The lowest BCUT2D eigenvalue weighted by Gasteiger charge is -2.51. The highest BCUT2D eigenvalue weighted by atomic mass is 15.3. The largest absolute Gasteiger partial charge is 0.298 e.